The van der Waals surface area contributed by atoms with E-state index in [1.807, 2.05) is 0 Å². The molecular formula is C4H4Cl5Si. The standard InChI is InChI=1S/C4H4Cl5Si/c1-3(7,2(5)6)4(8,9)10/h2H,1H3. The largest absolute Gasteiger partial charge is 0.129 e. The summed E-state index contributed by atoms with van der Waals surface area (Å²) in [5, 5.41) is 0. The predicted molar refractivity (Wildman–Crippen MR) is 49.9 cm³/mol. The van der Waals surface area contributed by atoms with Crippen LogP contribution in [0.4, 0.5) is 0 Å². The van der Waals surface area contributed by atoms with Gasteiger partial charge >= 0.3 is 0 Å². The van der Waals surface area contributed by atoms with E-state index < -0.39 is 13.7 Å². The summed E-state index contributed by atoms with van der Waals surface area (Å²) in [6.07, 6.45) is 0. The monoisotopic (exact) mass is 255 g/mol. The molecule has 0 nitrogen and oxygen atoms in total. The highest BCUT2D eigenvalue weighted by molar-refractivity contribution is 6.70. The lowest BCUT2D eigenvalue weighted by molar-refractivity contribution is 0.693. The SMILES string of the molecule is CC(Cl)(C(Cl)Cl)C([Si])(Cl)Cl. The van der Waals surface area contributed by atoms with Crippen LogP contribution in [0, 0.1) is 0 Å². The summed E-state index contributed by atoms with van der Waals surface area (Å²) in [7, 11) is 2.98. The normalized spacial score (nSPS) is 19.2. The lowest BCUT2D eigenvalue weighted by atomic mass is 10.2. The molecule has 0 saturated carbocycles. The van der Waals surface area contributed by atoms with Gasteiger partial charge in [0.15, 0.2) is 0 Å². The summed E-state index contributed by atoms with van der Waals surface area (Å²) in [4.78, 5) is -1.96. The van der Waals surface area contributed by atoms with E-state index >= 15 is 0 Å². The van der Waals surface area contributed by atoms with Gasteiger partial charge < -0.3 is 0 Å². The van der Waals surface area contributed by atoms with Crippen LogP contribution in [0.1, 0.15) is 6.92 Å². The van der Waals surface area contributed by atoms with Crippen molar-refractivity contribution in [1.29, 1.82) is 0 Å². The molecule has 59 valence electrons. The first-order valence-electron chi connectivity index (χ1n) is 2.29. The third-order valence-electron chi connectivity index (χ3n) is 1.02. The minimum absolute atomic E-state index is 0.846. The third-order valence-corrected chi connectivity index (χ3v) is 4.28. The van der Waals surface area contributed by atoms with Gasteiger partial charge in [0.2, 0.25) is 0 Å². The molecule has 0 aromatic rings. The summed E-state index contributed by atoms with van der Waals surface area (Å²) >= 11 is 27.9. The van der Waals surface area contributed by atoms with Crippen LogP contribution in [0.5, 0.6) is 0 Å². The molecular weight excluding hydrogens is 253 g/mol. The van der Waals surface area contributed by atoms with Crippen molar-refractivity contribution in [3.63, 3.8) is 0 Å². The van der Waals surface area contributed by atoms with Crippen molar-refractivity contribution in [3.05, 3.63) is 0 Å². The van der Waals surface area contributed by atoms with Gasteiger partial charge in [-0.15, -0.1) is 58.0 Å². The van der Waals surface area contributed by atoms with Gasteiger partial charge in [-0.2, -0.15) is 0 Å². The molecule has 0 aromatic heterocycles. The minimum Gasteiger partial charge on any atom is -0.114 e. The molecule has 0 bridgehead atoms. The summed E-state index contributed by atoms with van der Waals surface area (Å²) in [6, 6.07) is 0. The first-order chi connectivity index (χ1) is 4.19. The van der Waals surface area contributed by atoms with Crippen molar-refractivity contribution in [2.75, 3.05) is 0 Å². The first kappa shape index (κ1) is 11.7. The maximum atomic E-state index is 5.77. The van der Waals surface area contributed by atoms with Crippen LogP contribution in [0.3, 0.4) is 0 Å². The Balaban J connectivity index is 4.40. The highest BCUT2D eigenvalue weighted by Crippen LogP contribution is 2.42. The second-order valence-electron chi connectivity index (χ2n) is 1.95. The van der Waals surface area contributed by atoms with E-state index in [1.165, 1.54) is 6.92 Å². The smallest absolute Gasteiger partial charge is 0.114 e. The van der Waals surface area contributed by atoms with Gasteiger partial charge in [0.05, 0.1) is 10.2 Å². The van der Waals surface area contributed by atoms with Crippen LogP contribution in [0.25, 0.3) is 0 Å². The van der Waals surface area contributed by atoms with E-state index in [0.717, 1.165) is 0 Å². The molecule has 3 radical (unpaired) electrons. The summed E-state index contributed by atoms with van der Waals surface area (Å²) in [6.45, 7) is 1.53. The highest BCUT2D eigenvalue weighted by atomic mass is 35.5. The fourth-order valence-corrected chi connectivity index (χ4v) is 1.23. The Morgan fingerprint density at radius 3 is 1.50 bits per heavy atom. The van der Waals surface area contributed by atoms with Crippen LogP contribution in [-0.4, -0.2) is 23.9 Å². The number of halogens is 5. The predicted octanol–water partition coefficient (Wildman–Crippen LogP) is 3.09. The van der Waals surface area contributed by atoms with E-state index in [9.17, 15) is 0 Å². The van der Waals surface area contributed by atoms with Gasteiger partial charge in [-0.05, 0) is 6.92 Å². The van der Waals surface area contributed by atoms with Gasteiger partial charge in [0, 0.05) is 0 Å². The molecule has 0 aliphatic carbocycles. The van der Waals surface area contributed by atoms with Gasteiger partial charge in [-0.1, -0.05) is 0 Å². The van der Waals surface area contributed by atoms with Crippen LogP contribution in [0.15, 0.2) is 0 Å². The molecule has 0 amide bonds. The molecule has 0 N–H and O–H groups in total. The highest BCUT2D eigenvalue weighted by Gasteiger charge is 2.45. The Hall–Kier alpha value is 1.67. The Labute approximate surface area is 88.5 Å². The second kappa shape index (κ2) is 3.59. The molecule has 0 aromatic carbocycles. The Morgan fingerprint density at radius 1 is 1.20 bits per heavy atom. The van der Waals surface area contributed by atoms with E-state index in [4.69, 9.17) is 58.0 Å². The molecule has 10 heavy (non-hydrogen) atoms. The molecule has 0 aliphatic rings. The van der Waals surface area contributed by atoms with E-state index in [-0.39, 0.29) is 0 Å². The van der Waals surface area contributed by atoms with Gasteiger partial charge in [-0.3, -0.25) is 0 Å². The van der Waals surface area contributed by atoms with Crippen molar-refractivity contribution in [2.24, 2.45) is 0 Å². The molecule has 0 spiro atoms. The Morgan fingerprint density at radius 2 is 1.50 bits per heavy atom. The van der Waals surface area contributed by atoms with Crippen LogP contribution in [0.2, 0.25) is 0 Å². The zero-order valence-electron chi connectivity index (χ0n) is 4.97. The molecule has 0 fully saturated rings. The maximum absolute atomic E-state index is 5.77. The maximum Gasteiger partial charge on any atom is 0.129 e. The van der Waals surface area contributed by atoms with E-state index in [1.54, 1.807) is 0 Å². The quantitative estimate of drug-likeness (QED) is 0.527. The summed E-state index contributed by atoms with van der Waals surface area (Å²) in [5.41, 5.74) is 0. The average molecular weight is 257 g/mol. The van der Waals surface area contributed by atoms with Crippen LogP contribution < -0.4 is 0 Å². The number of alkyl halides is 5. The fraction of sp³-hybridized carbons (Fsp3) is 1.00. The molecule has 0 rings (SSSR count). The molecule has 0 saturated heterocycles. The molecule has 1 atom stereocenters. The van der Waals surface area contributed by atoms with Crippen molar-refractivity contribution >= 4 is 68.2 Å². The summed E-state index contributed by atoms with van der Waals surface area (Å²) in [5.74, 6) is 0. The molecule has 1 unspecified atom stereocenters. The van der Waals surface area contributed by atoms with Crippen molar-refractivity contribution in [3.8, 4) is 0 Å². The van der Waals surface area contributed by atoms with Crippen molar-refractivity contribution in [1.82, 2.24) is 0 Å². The third kappa shape index (κ3) is 2.61. The zero-order valence-corrected chi connectivity index (χ0v) is 9.75. The first-order valence-corrected chi connectivity index (χ1v) is 4.80. The lowest BCUT2D eigenvalue weighted by Gasteiger charge is -2.32. The van der Waals surface area contributed by atoms with Gasteiger partial charge in [-0.25, -0.2) is 0 Å². The average Bonchev–Trinajstić information content (AvgIpc) is 1.62. The lowest BCUT2D eigenvalue weighted by Crippen LogP contribution is -2.44. The molecule has 0 heterocycles. The van der Waals surface area contributed by atoms with Crippen molar-refractivity contribution < 1.29 is 0 Å². The fourth-order valence-electron chi connectivity index (χ4n) is 0.137. The summed E-state index contributed by atoms with van der Waals surface area (Å²) < 4.78 is -1.33. The molecule has 6 heteroatoms. The zero-order chi connectivity index (χ0) is 8.58. The Bertz CT molecular complexity index is 115. The minimum atomic E-state index is -1.33. The number of rotatable bonds is 2. The van der Waals surface area contributed by atoms with Crippen molar-refractivity contribution in [2.45, 2.75) is 20.6 Å². The van der Waals surface area contributed by atoms with E-state index in [2.05, 4.69) is 10.2 Å². The van der Waals surface area contributed by atoms with Gasteiger partial charge in [0.1, 0.15) is 13.7 Å². The Kier molecular flexibility index (Phi) is 4.19. The number of hydrogen-bond donors (Lipinski definition) is 0. The second-order valence-corrected chi connectivity index (χ2v) is 6.54. The number of hydrogen-bond acceptors (Lipinski definition) is 0. The van der Waals surface area contributed by atoms with Crippen LogP contribution in [-0.2, 0) is 0 Å². The van der Waals surface area contributed by atoms with Gasteiger partial charge in [0.25, 0.3) is 0 Å². The van der Waals surface area contributed by atoms with E-state index in [0.29, 0.717) is 0 Å². The molecule has 0 aliphatic heterocycles. The topological polar surface area (TPSA) is 0 Å². The van der Waals surface area contributed by atoms with Crippen LogP contribution >= 0.6 is 58.0 Å².